The average molecular weight is 545 g/mol. The predicted molar refractivity (Wildman–Crippen MR) is 136 cm³/mol. The Hall–Kier alpha value is -2.08. The molecule has 1 saturated heterocycles. The van der Waals surface area contributed by atoms with Crippen molar-refractivity contribution in [2.75, 3.05) is 31.5 Å². The van der Waals surface area contributed by atoms with Gasteiger partial charge < -0.3 is 9.64 Å². The largest absolute Gasteiger partial charge is 0.459 e. The summed E-state index contributed by atoms with van der Waals surface area (Å²) < 4.78 is 20.3. The van der Waals surface area contributed by atoms with Crippen molar-refractivity contribution in [1.82, 2.24) is 14.8 Å². The number of likely N-dealkylation sites (tertiary alicyclic amines) is 1. The SMILES string of the molecule is CCN(CC(=O)OC(C)(C)C)CC(=O)N1C[C@H](F)CC1c1cc(C(=O)Nc2ncc(Cl)s2)c(C)s1. The zero-order valence-electron chi connectivity index (χ0n) is 20.4. The molecule has 3 rings (SSSR count). The highest BCUT2D eigenvalue weighted by atomic mass is 35.5. The first-order valence-electron chi connectivity index (χ1n) is 11.3. The van der Waals surface area contributed by atoms with Crippen LogP contribution < -0.4 is 5.32 Å². The van der Waals surface area contributed by atoms with Crippen LogP contribution in [0.4, 0.5) is 9.52 Å². The number of halogens is 2. The topological polar surface area (TPSA) is 91.8 Å². The second kappa shape index (κ2) is 11.3. The summed E-state index contributed by atoms with van der Waals surface area (Å²) in [4.78, 5) is 46.8. The molecule has 0 aliphatic carbocycles. The van der Waals surface area contributed by atoms with Crippen LogP contribution in [-0.4, -0.2) is 70.5 Å². The summed E-state index contributed by atoms with van der Waals surface area (Å²) in [6, 6.07) is 1.24. The Balaban J connectivity index is 1.70. The van der Waals surface area contributed by atoms with Crippen LogP contribution in [-0.2, 0) is 14.3 Å². The van der Waals surface area contributed by atoms with Gasteiger partial charge in [-0.3, -0.25) is 24.6 Å². The third-order valence-corrected chi connectivity index (χ3v) is 7.54. The third kappa shape index (κ3) is 7.45. The molecule has 1 unspecified atom stereocenters. The number of alkyl halides is 1. The van der Waals surface area contributed by atoms with Gasteiger partial charge in [-0.15, -0.1) is 11.3 Å². The van der Waals surface area contributed by atoms with Crippen molar-refractivity contribution in [3.8, 4) is 0 Å². The van der Waals surface area contributed by atoms with Crippen LogP contribution in [0.2, 0.25) is 4.34 Å². The minimum Gasteiger partial charge on any atom is -0.459 e. The van der Waals surface area contributed by atoms with Crippen LogP contribution in [0.5, 0.6) is 0 Å². The number of ether oxygens (including phenoxy) is 1. The van der Waals surface area contributed by atoms with Crippen molar-refractivity contribution in [2.45, 2.75) is 58.9 Å². The van der Waals surface area contributed by atoms with E-state index in [-0.39, 0.29) is 37.9 Å². The van der Waals surface area contributed by atoms with E-state index >= 15 is 0 Å². The van der Waals surface area contributed by atoms with Crippen molar-refractivity contribution < 1.29 is 23.5 Å². The fraction of sp³-hybridized carbons (Fsp3) is 0.565. The lowest BCUT2D eigenvalue weighted by Crippen LogP contribution is -2.43. The number of hydrogen-bond acceptors (Lipinski definition) is 8. The van der Waals surface area contributed by atoms with E-state index in [1.165, 1.54) is 22.4 Å². The molecule has 192 valence electrons. The molecule has 12 heteroatoms. The molecule has 2 aromatic heterocycles. The molecule has 0 saturated carbocycles. The van der Waals surface area contributed by atoms with Gasteiger partial charge in [-0.25, -0.2) is 9.37 Å². The summed E-state index contributed by atoms with van der Waals surface area (Å²) in [6.07, 6.45) is 0.453. The lowest BCUT2D eigenvalue weighted by atomic mass is 10.1. The van der Waals surface area contributed by atoms with Crippen molar-refractivity contribution >= 4 is 57.2 Å². The zero-order chi connectivity index (χ0) is 25.9. The van der Waals surface area contributed by atoms with Gasteiger partial charge in [0.2, 0.25) is 5.91 Å². The molecule has 0 radical (unpaired) electrons. The maximum Gasteiger partial charge on any atom is 0.320 e. The Labute approximate surface area is 217 Å². The van der Waals surface area contributed by atoms with Crippen molar-refractivity contribution in [3.63, 3.8) is 0 Å². The summed E-state index contributed by atoms with van der Waals surface area (Å²) in [6.45, 7) is 9.40. The van der Waals surface area contributed by atoms with Crippen LogP contribution in [0.3, 0.4) is 0 Å². The fourth-order valence-electron chi connectivity index (χ4n) is 3.82. The third-order valence-electron chi connectivity index (χ3n) is 5.36. The maximum atomic E-state index is 14.5. The number of nitrogens with one attached hydrogen (secondary N) is 1. The summed E-state index contributed by atoms with van der Waals surface area (Å²) in [5.41, 5.74) is -0.166. The highest BCUT2D eigenvalue weighted by molar-refractivity contribution is 7.19. The van der Waals surface area contributed by atoms with Crippen LogP contribution in [0.15, 0.2) is 12.3 Å². The highest BCUT2D eigenvalue weighted by Crippen LogP contribution is 2.39. The Morgan fingerprint density at radius 1 is 1.31 bits per heavy atom. The van der Waals surface area contributed by atoms with Crippen molar-refractivity contribution in [2.24, 2.45) is 0 Å². The van der Waals surface area contributed by atoms with Gasteiger partial charge in [-0.1, -0.05) is 29.9 Å². The smallest absolute Gasteiger partial charge is 0.320 e. The van der Waals surface area contributed by atoms with E-state index < -0.39 is 23.8 Å². The Bertz CT molecular complexity index is 1080. The van der Waals surface area contributed by atoms with Gasteiger partial charge in [0.25, 0.3) is 5.91 Å². The van der Waals surface area contributed by atoms with Gasteiger partial charge in [0, 0.05) is 16.2 Å². The molecule has 35 heavy (non-hydrogen) atoms. The fourth-order valence-corrected chi connectivity index (χ4v) is 5.78. The van der Waals surface area contributed by atoms with Crippen LogP contribution >= 0.6 is 34.3 Å². The zero-order valence-corrected chi connectivity index (χ0v) is 22.8. The number of carbonyl (C=O) groups is 3. The Morgan fingerprint density at radius 2 is 2.03 bits per heavy atom. The molecule has 2 aromatic rings. The molecular formula is C23H30ClFN4O4S2. The van der Waals surface area contributed by atoms with Gasteiger partial charge in [0.15, 0.2) is 5.13 Å². The van der Waals surface area contributed by atoms with Crippen molar-refractivity contribution in [3.05, 3.63) is 31.9 Å². The first kappa shape index (κ1) is 27.5. The van der Waals surface area contributed by atoms with Gasteiger partial charge >= 0.3 is 5.97 Å². The monoisotopic (exact) mass is 544 g/mol. The van der Waals surface area contributed by atoms with Crippen LogP contribution in [0.1, 0.15) is 60.3 Å². The minimum atomic E-state index is -1.16. The highest BCUT2D eigenvalue weighted by Gasteiger charge is 2.38. The molecular weight excluding hydrogens is 515 g/mol. The van der Waals surface area contributed by atoms with E-state index in [1.807, 2.05) is 13.8 Å². The lowest BCUT2D eigenvalue weighted by molar-refractivity contribution is -0.156. The number of rotatable bonds is 8. The molecule has 1 N–H and O–H groups in total. The number of esters is 1. The molecule has 3 heterocycles. The second-order valence-electron chi connectivity index (χ2n) is 9.33. The molecule has 2 atom stereocenters. The summed E-state index contributed by atoms with van der Waals surface area (Å²) >= 11 is 8.40. The minimum absolute atomic E-state index is 0.0242. The predicted octanol–water partition coefficient (Wildman–Crippen LogP) is 4.69. The van der Waals surface area contributed by atoms with E-state index in [0.717, 1.165) is 21.1 Å². The number of carbonyl (C=O) groups excluding carboxylic acids is 3. The standard InChI is InChI=1S/C23H30ClFN4O4S2/c1-6-28(12-20(31)33-23(3,4)5)11-19(30)29-10-14(25)7-16(29)17-8-15(13(2)34-17)21(32)27-22-26-9-18(24)35-22/h8-9,14,16H,6-7,10-12H2,1-5H3,(H,26,27,32)/t14-,16?/m1/s1. The van der Waals surface area contributed by atoms with E-state index in [0.29, 0.717) is 21.6 Å². The summed E-state index contributed by atoms with van der Waals surface area (Å²) in [7, 11) is 0. The number of nitrogens with zero attached hydrogens (tertiary/aromatic N) is 3. The summed E-state index contributed by atoms with van der Waals surface area (Å²) in [5, 5.41) is 3.11. The van der Waals surface area contributed by atoms with Gasteiger partial charge in [0.1, 0.15) is 16.1 Å². The van der Waals surface area contributed by atoms with Crippen LogP contribution in [0, 0.1) is 6.92 Å². The molecule has 0 bridgehead atoms. The number of thiazole rings is 1. The number of anilines is 1. The quantitative estimate of drug-likeness (QED) is 0.485. The second-order valence-corrected chi connectivity index (χ2v) is 12.3. The van der Waals surface area contributed by atoms with Gasteiger partial charge in [-0.2, -0.15) is 0 Å². The number of aromatic nitrogens is 1. The molecule has 1 aliphatic rings. The van der Waals surface area contributed by atoms with Crippen molar-refractivity contribution in [1.29, 1.82) is 0 Å². The maximum absolute atomic E-state index is 14.5. The number of aryl methyl sites for hydroxylation is 1. The summed E-state index contributed by atoms with van der Waals surface area (Å²) in [5.74, 6) is -1.02. The van der Waals surface area contributed by atoms with E-state index in [4.69, 9.17) is 16.3 Å². The number of thiophene rings is 1. The average Bonchev–Trinajstić information content (AvgIpc) is 3.44. The number of amides is 2. The van der Waals surface area contributed by atoms with Gasteiger partial charge in [-0.05, 0) is 40.3 Å². The molecule has 0 spiro atoms. The molecule has 0 aromatic carbocycles. The van der Waals surface area contributed by atoms with E-state index in [2.05, 4.69) is 10.3 Å². The normalized spacial score (nSPS) is 18.2. The number of likely N-dealkylation sites (N-methyl/N-ethyl adjacent to an activating group) is 1. The Morgan fingerprint density at radius 3 is 2.63 bits per heavy atom. The van der Waals surface area contributed by atoms with Gasteiger partial charge in [0.05, 0.1) is 37.4 Å². The number of hydrogen-bond donors (Lipinski definition) is 1. The molecule has 2 amide bonds. The lowest BCUT2D eigenvalue weighted by Gasteiger charge is -2.28. The Kier molecular flexibility index (Phi) is 8.90. The first-order valence-corrected chi connectivity index (χ1v) is 13.3. The first-order chi connectivity index (χ1) is 16.4. The van der Waals surface area contributed by atoms with E-state index in [1.54, 1.807) is 31.7 Å². The van der Waals surface area contributed by atoms with Crippen LogP contribution in [0.25, 0.3) is 0 Å². The molecule has 1 fully saturated rings. The van der Waals surface area contributed by atoms with E-state index in [9.17, 15) is 18.8 Å². The molecule has 1 aliphatic heterocycles. The molecule has 8 nitrogen and oxygen atoms in total.